The SMILES string of the molecule is O=C(Cn1nnc2ccccc2c1=O)N1CCN(c2cccc(Cl)c2)CC1. The van der Waals surface area contributed by atoms with E-state index >= 15 is 0 Å². The van der Waals surface area contributed by atoms with Crippen molar-refractivity contribution in [2.24, 2.45) is 0 Å². The van der Waals surface area contributed by atoms with Gasteiger partial charge in [-0.25, -0.2) is 4.68 Å². The highest BCUT2D eigenvalue weighted by atomic mass is 35.5. The third kappa shape index (κ3) is 3.64. The van der Waals surface area contributed by atoms with Crippen LogP contribution in [0.3, 0.4) is 0 Å². The maximum absolute atomic E-state index is 12.6. The Balaban J connectivity index is 1.43. The van der Waals surface area contributed by atoms with Crippen molar-refractivity contribution in [3.05, 3.63) is 63.9 Å². The van der Waals surface area contributed by atoms with Gasteiger partial charge in [0, 0.05) is 36.9 Å². The second kappa shape index (κ2) is 7.36. The lowest BCUT2D eigenvalue weighted by molar-refractivity contribution is -0.132. The maximum atomic E-state index is 12.6. The summed E-state index contributed by atoms with van der Waals surface area (Å²) in [7, 11) is 0. The van der Waals surface area contributed by atoms with Crippen molar-refractivity contribution < 1.29 is 4.79 Å². The van der Waals surface area contributed by atoms with Crippen molar-refractivity contribution in [3.8, 4) is 0 Å². The largest absolute Gasteiger partial charge is 0.368 e. The number of carbonyl (C=O) groups is 1. The Kier molecular flexibility index (Phi) is 4.77. The van der Waals surface area contributed by atoms with Crippen LogP contribution in [-0.2, 0) is 11.3 Å². The van der Waals surface area contributed by atoms with Crippen molar-refractivity contribution in [2.75, 3.05) is 31.1 Å². The number of piperazine rings is 1. The van der Waals surface area contributed by atoms with E-state index in [1.54, 1.807) is 29.2 Å². The quantitative estimate of drug-likeness (QED) is 0.689. The van der Waals surface area contributed by atoms with Gasteiger partial charge in [0.2, 0.25) is 5.91 Å². The summed E-state index contributed by atoms with van der Waals surface area (Å²) in [5.74, 6) is -0.132. The maximum Gasteiger partial charge on any atom is 0.278 e. The first-order chi connectivity index (χ1) is 13.1. The normalized spacial score (nSPS) is 14.6. The van der Waals surface area contributed by atoms with Gasteiger partial charge in [-0.15, -0.1) is 5.10 Å². The summed E-state index contributed by atoms with van der Waals surface area (Å²) >= 11 is 6.05. The summed E-state index contributed by atoms with van der Waals surface area (Å²) in [6.45, 7) is 2.49. The molecule has 27 heavy (non-hydrogen) atoms. The molecule has 1 amide bonds. The fraction of sp³-hybridized carbons (Fsp3) is 0.263. The van der Waals surface area contributed by atoms with Crippen LogP contribution in [0.5, 0.6) is 0 Å². The summed E-state index contributed by atoms with van der Waals surface area (Å²) < 4.78 is 1.13. The second-order valence-electron chi connectivity index (χ2n) is 6.42. The number of nitrogens with zero attached hydrogens (tertiary/aromatic N) is 5. The topological polar surface area (TPSA) is 71.3 Å². The zero-order chi connectivity index (χ0) is 18.8. The molecule has 7 nitrogen and oxygen atoms in total. The third-order valence-electron chi connectivity index (χ3n) is 4.72. The average Bonchev–Trinajstić information content (AvgIpc) is 2.70. The molecule has 0 saturated carbocycles. The minimum absolute atomic E-state index is 0.103. The monoisotopic (exact) mass is 383 g/mol. The number of halogens is 1. The molecule has 0 aliphatic carbocycles. The molecule has 2 heterocycles. The standard InChI is InChI=1S/C19H18ClN5O2/c20-14-4-3-5-15(12-14)23-8-10-24(11-9-23)18(26)13-25-19(27)16-6-1-2-7-17(16)21-22-25/h1-7,12H,8-11,13H2. The van der Waals surface area contributed by atoms with Gasteiger partial charge in [0.25, 0.3) is 5.56 Å². The smallest absolute Gasteiger partial charge is 0.278 e. The first-order valence-corrected chi connectivity index (χ1v) is 9.10. The fourth-order valence-corrected chi connectivity index (χ4v) is 3.43. The number of aromatic nitrogens is 3. The summed E-state index contributed by atoms with van der Waals surface area (Å²) in [6, 6.07) is 14.7. The highest BCUT2D eigenvalue weighted by Crippen LogP contribution is 2.20. The number of rotatable bonds is 3. The van der Waals surface area contributed by atoms with Crippen LogP contribution in [0, 0.1) is 0 Å². The van der Waals surface area contributed by atoms with E-state index in [-0.39, 0.29) is 18.0 Å². The van der Waals surface area contributed by atoms with Crippen molar-refractivity contribution in [1.29, 1.82) is 0 Å². The molecule has 1 fully saturated rings. The Morgan fingerprint density at radius 2 is 1.81 bits per heavy atom. The molecule has 0 bridgehead atoms. The van der Waals surface area contributed by atoms with Gasteiger partial charge in [-0.2, -0.15) is 0 Å². The third-order valence-corrected chi connectivity index (χ3v) is 4.96. The van der Waals surface area contributed by atoms with Crippen LogP contribution in [-0.4, -0.2) is 52.0 Å². The molecule has 1 aliphatic rings. The molecule has 0 spiro atoms. The summed E-state index contributed by atoms with van der Waals surface area (Å²) in [4.78, 5) is 29.0. The summed E-state index contributed by atoms with van der Waals surface area (Å²) in [5, 5.41) is 9.08. The Bertz CT molecular complexity index is 1040. The highest BCUT2D eigenvalue weighted by Gasteiger charge is 2.22. The minimum Gasteiger partial charge on any atom is -0.368 e. The first kappa shape index (κ1) is 17.5. The number of anilines is 1. The van der Waals surface area contributed by atoms with Gasteiger partial charge in [-0.1, -0.05) is 35.0 Å². The van der Waals surface area contributed by atoms with Gasteiger partial charge in [0.15, 0.2) is 0 Å². The van der Waals surface area contributed by atoms with Gasteiger partial charge < -0.3 is 9.80 Å². The molecule has 4 rings (SSSR count). The molecule has 0 N–H and O–H groups in total. The number of hydrogen-bond donors (Lipinski definition) is 0. The molecular weight excluding hydrogens is 366 g/mol. The summed E-state index contributed by atoms with van der Waals surface area (Å²) in [5.41, 5.74) is 1.28. The molecule has 1 aliphatic heterocycles. The van der Waals surface area contributed by atoms with E-state index in [1.165, 1.54) is 0 Å². The molecule has 8 heteroatoms. The Morgan fingerprint density at radius 3 is 2.59 bits per heavy atom. The van der Waals surface area contributed by atoms with Crippen molar-refractivity contribution in [1.82, 2.24) is 19.9 Å². The van der Waals surface area contributed by atoms with Crippen LogP contribution in [0.25, 0.3) is 10.9 Å². The van der Waals surface area contributed by atoms with E-state index < -0.39 is 0 Å². The predicted molar refractivity (Wildman–Crippen MR) is 104 cm³/mol. The van der Waals surface area contributed by atoms with Gasteiger partial charge in [0.05, 0.1) is 5.39 Å². The molecule has 0 unspecified atom stereocenters. The highest BCUT2D eigenvalue weighted by molar-refractivity contribution is 6.30. The van der Waals surface area contributed by atoms with E-state index in [9.17, 15) is 9.59 Å². The number of fused-ring (bicyclic) bond motifs is 1. The lowest BCUT2D eigenvalue weighted by Gasteiger charge is -2.36. The molecular formula is C19H18ClN5O2. The van der Waals surface area contributed by atoms with E-state index in [2.05, 4.69) is 15.2 Å². The first-order valence-electron chi connectivity index (χ1n) is 8.73. The van der Waals surface area contributed by atoms with Crippen molar-refractivity contribution in [3.63, 3.8) is 0 Å². The van der Waals surface area contributed by atoms with Crippen LogP contribution >= 0.6 is 11.6 Å². The molecule has 138 valence electrons. The fourth-order valence-electron chi connectivity index (χ4n) is 3.24. The van der Waals surface area contributed by atoms with Gasteiger partial charge in [-0.3, -0.25) is 9.59 Å². The van der Waals surface area contributed by atoms with Crippen LogP contribution in [0.4, 0.5) is 5.69 Å². The Labute approximate surface area is 160 Å². The molecule has 1 aromatic heterocycles. The summed E-state index contributed by atoms with van der Waals surface area (Å²) in [6.07, 6.45) is 0. The lowest BCUT2D eigenvalue weighted by atomic mass is 10.2. The van der Waals surface area contributed by atoms with Crippen molar-refractivity contribution >= 4 is 34.1 Å². The van der Waals surface area contributed by atoms with E-state index in [0.717, 1.165) is 10.4 Å². The van der Waals surface area contributed by atoms with Gasteiger partial charge >= 0.3 is 0 Å². The van der Waals surface area contributed by atoms with Crippen LogP contribution in [0.2, 0.25) is 5.02 Å². The minimum atomic E-state index is -0.300. The Hall–Kier alpha value is -2.93. The van der Waals surface area contributed by atoms with Crippen LogP contribution in [0.1, 0.15) is 0 Å². The number of carbonyl (C=O) groups excluding carboxylic acids is 1. The number of benzene rings is 2. The molecule has 2 aromatic carbocycles. The molecule has 0 atom stereocenters. The van der Waals surface area contributed by atoms with E-state index in [1.807, 2.05) is 24.3 Å². The van der Waals surface area contributed by atoms with E-state index in [0.29, 0.717) is 42.1 Å². The van der Waals surface area contributed by atoms with Gasteiger partial charge in [-0.05, 0) is 30.3 Å². The zero-order valence-corrected chi connectivity index (χ0v) is 15.3. The second-order valence-corrected chi connectivity index (χ2v) is 6.85. The van der Waals surface area contributed by atoms with Crippen LogP contribution < -0.4 is 10.5 Å². The Morgan fingerprint density at radius 1 is 1.04 bits per heavy atom. The molecule has 3 aromatic rings. The zero-order valence-electron chi connectivity index (χ0n) is 14.6. The molecule has 1 saturated heterocycles. The number of hydrogen-bond acceptors (Lipinski definition) is 5. The van der Waals surface area contributed by atoms with Crippen molar-refractivity contribution in [2.45, 2.75) is 6.54 Å². The predicted octanol–water partition coefficient (Wildman–Crippen LogP) is 1.79. The van der Waals surface area contributed by atoms with Gasteiger partial charge in [0.1, 0.15) is 12.1 Å². The molecule has 0 radical (unpaired) electrons. The average molecular weight is 384 g/mol. The van der Waals surface area contributed by atoms with E-state index in [4.69, 9.17) is 11.6 Å². The van der Waals surface area contributed by atoms with Crippen LogP contribution in [0.15, 0.2) is 53.3 Å². The lowest BCUT2D eigenvalue weighted by Crippen LogP contribution is -2.50. The number of amides is 1.